The van der Waals surface area contributed by atoms with Crippen LogP contribution in [0.15, 0.2) is 24.3 Å². The van der Waals surface area contributed by atoms with Gasteiger partial charge in [0.25, 0.3) is 5.91 Å². The number of carbonyl (C=O) groups excluding carboxylic acids is 1. The van der Waals surface area contributed by atoms with Gasteiger partial charge in [-0.15, -0.1) is 0 Å². The molecule has 0 radical (unpaired) electrons. The summed E-state index contributed by atoms with van der Waals surface area (Å²) in [5.41, 5.74) is 1.54. The molecule has 1 aromatic carbocycles. The highest BCUT2D eigenvalue weighted by atomic mass is 16.5. The van der Waals surface area contributed by atoms with Gasteiger partial charge in [0.2, 0.25) is 0 Å². The number of benzene rings is 1. The SMILES string of the molecule is CCOc1ccc2cc(C(=O)NCC3CCN(C(C)C)C3)[nH]c2c1. The van der Waals surface area contributed by atoms with Gasteiger partial charge < -0.3 is 19.9 Å². The van der Waals surface area contributed by atoms with Gasteiger partial charge in [-0.25, -0.2) is 0 Å². The number of nitrogens with one attached hydrogen (secondary N) is 2. The third kappa shape index (κ3) is 3.73. The highest BCUT2D eigenvalue weighted by Crippen LogP contribution is 2.22. The van der Waals surface area contributed by atoms with Crippen molar-refractivity contribution in [1.82, 2.24) is 15.2 Å². The molecule has 1 unspecified atom stereocenters. The lowest BCUT2D eigenvalue weighted by molar-refractivity contribution is 0.0943. The van der Waals surface area contributed by atoms with E-state index in [2.05, 4.69) is 29.0 Å². The summed E-state index contributed by atoms with van der Waals surface area (Å²) in [5, 5.41) is 4.10. The minimum atomic E-state index is -0.0350. The first-order valence-electron chi connectivity index (χ1n) is 8.84. The lowest BCUT2D eigenvalue weighted by Crippen LogP contribution is -2.33. The summed E-state index contributed by atoms with van der Waals surface area (Å²) in [4.78, 5) is 18.1. The number of nitrogens with zero attached hydrogens (tertiary/aromatic N) is 1. The molecule has 0 spiro atoms. The maximum Gasteiger partial charge on any atom is 0.267 e. The number of amides is 1. The van der Waals surface area contributed by atoms with E-state index in [9.17, 15) is 4.79 Å². The van der Waals surface area contributed by atoms with E-state index in [1.54, 1.807) is 0 Å². The summed E-state index contributed by atoms with van der Waals surface area (Å²) in [6, 6.07) is 8.33. The van der Waals surface area contributed by atoms with Gasteiger partial charge in [-0.1, -0.05) is 0 Å². The number of likely N-dealkylation sites (tertiary alicyclic amines) is 1. The first kappa shape index (κ1) is 16.8. The molecule has 0 bridgehead atoms. The number of aromatic amines is 1. The maximum atomic E-state index is 12.4. The third-order valence-corrected chi connectivity index (χ3v) is 4.75. The predicted molar refractivity (Wildman–Crippen MR) is 96.6 cm³/mol. The number of rotatable bonds is 6. The van der Waals surface area contributed by atoms with E-state index in [1.165, 1.54) is 0 Å². The lowest BCUT2D eigenvalue weighted by atomic mass is 10.1. The van der Waals surface area contributed by atoms with Crippen molar-refractivity contribution in [3.8, 4) is 5.75 Å². The second-order valence-electron chi connectivity index (χ2n) is 6.82. The average molecular weight is 329 g/mol. The van der Waals surface area contributed by atoms with Crippen molar-refractivity contribution < 1.29 is 9.53 Å². The van der Waals surface area contributed by atoms with Gasteiger partial charge in [-0.3, -0.25) is 4.79 Å². The number of hydrogen-bond acceptors (Lipinski definition) is 3. The number of ether oxygens (including phenoxy) is 1. The Morgan fingerprint density at radius 3 is 2.96 bits per heavy atom. The van der Waals surface area contributed by atoms with Gasteiger partial charge in [-0.2, -0.15) is 0 Å². The average Bonchev–Trinajstić information content (AvgIpc) is 3.19. The van der Waals surface area contributed by atoms with E-state index in [4.69, 9.17) is 4.74 Å². The van der Waals surface area contributed by atoms with Gasteiger partial charge in [0, 0.05) is 36.1 Å². The van der Waals surface area contributed by atoms with E-state index in [0.717, 1.165) is 42.7 Å². The lowest BCUT2D eigenvalue weighted by Gasteiger charge is -2.20. The predicted octanol–water partition coefficient (Wildman–Crippen LogP) is 3.03. The Hall–Kier alpha value is -2.01. The zero-order valence-corrected chi connectivity index (χ0v) is 14.8. The molecule has 0 aliphatic carbocycles. The summed E-state index contributed by atoms with van der Waals surface area (Å²) >= 11 is 0. The molecule has 1 aromatic heterocycles. The molecule has 1 fully saturated rings. The monoisotopic (exact) mass is 329 g/mol. The third-order valence-electron chi connectivity index (χ3n) is 4.75. The summed E-state index contributed by atoms with van der Waals surface area (Å²) < 4.78 is 5.50. The molecule has 2 heterocycles. The molecule has 1 amide bonds. The molecule has 2 N–H and O–H groups in total. The van der Waals surface area contributed by atoms with E-state index in [0.29, 0.717) is 24.3 Å². The van der Waals surface area contributed by atoms with Crippen molar-refractivity contribution in [1.29, 1.82) is 0 Å². The van der Waals surface area contributed by atoms with Crippen molar-refractivity contribution >= 4 is 16.8 Å². The van der Waals surface area contributed by atoms with Crippen LogP contribution in [-0.4, -0.2) is 48.1 Å². The van der Waals surface area contributed by atoms with E-state index in [1.807, 2.05) is 31.2 Å². The second-order valence-corrected chi connectivity index (χ2v) is 6.82. The fourth-order valence-electron chi connectivity index (χ4n) is 3.32. The zero-order chi connectivity index (χ0) is 17.1. The largest absolute Gasteiger partial charge is 0.494 e. The van der Waals surface area contributed by atoms with Crippen LogP contribution in [-0.2, 0) is 0 Å². The molecule has 1 aliphatic rings. The number of H-pyrrole nitrogens is 1. The maximum absolute atomic E-state index is 12.4. The van der Waals surface area contributed by atoms with Gasteiger partial charge in [0.15, 0.2) is 0 Å². The van der Waals surface area contributed by atoms with Gasteiger partial charge in [-0.05, 0) is 57.9 Å². The molecule has 2 aromatic rings. The number of carbonyl (C=O) groups is 1. The molecule has 24 heavy (non-hydrogen) atoms. The molecular formula is C19H27N3O2. The van der Waals surface area contributed by atoms with Crippen LogP contribution in [0.3, 0.4) is 0 Å². The fourth-order valence-corrected chi connectivity index (χ4v) is 3.32. The Morgan fingerprint density at radius 1 is 1.42 bits per heavy atom. The molecule has 5 heteroatoms. The van der Waals surface area contributed by atoms with Crippen LogP contribution < -0.4 is 10.1 Å². The van der Waals surface area contributed by atoms with Crippen molar-refractivity contribution in [2.45, 2.75) is 33.2 Å². The quantitative estimate of drug-likeness (QED) is 0.856. The van der Waals surface area contributed by atoms with Gasteiger partial charge >= 0.3 is 0 Å². The van der Waals surface area contributed by atoms with Crippen LogP contribution in [0, 0.1) is 5.92 Å². The van der Waals surface area contributed by atoms with Crippen LogP contribution in [0.4, 0.5) is 0 Å². The van der Waals surface area contributed by atoms with E-state index < -0.39 is 0 Å². The molecule has 1 atom stereocenters. The van der Waals surface area contributed by atoms with Crippen LogP contribution in [0.1, 0.15) is 37.7 Å². The Balaban J connectivity index is 1.60. The summed E-state index contributed by atoms with van der Waals surface area (Å²) in [5.74, 6) is 1.33. The first-order valence-corrected chi connectivity index (χ1v) is 8.84. The number of fused-ring (bicyclic) bond motifs is 1. The van der Waals surface area contributed by atoms with Crippen molar-refractivity contribution in [3.05, 3.63) is 30.0 Å². The molecule has 0 saturated carbocycles. The van der Waals surface area contributed by atoms with Crippen LogP contribution in [0.2, 0.25) is 0 Å². The molecule has 1 saturated heterocycles. The molecule has 1 aliphatic heterocycles. The smallest absolute Gasteiger partial charge is 0.267 e. The highest BCUT2D eigenvalue weighted by Gasteiger charge is 2.24. The Bertz CT molecular complexity index is 708. The van der Waals surface area contributed by atoms with Gasteiger partial charge in [0.05, 0.1) is 6.61 Å². The summed E-state index contributed by atoms with van der Waals surface area (Å²) in [6.45, 7) is 9.98. The van der Waals surface area contributed by atoms with E-state index in [-0.39, 0.29) is 5.91 Å². The van der Waals surface area contributed by atoms with Crippen molar-refractivity contribution in [2.75, 3.05) is 26.2 Å². The highest BCUT2D eigenvalue weighted by molar-refractivity contribution is 5.98. The first-order chi connectivity index (χ1) is 11.6. The minimum absolute atomic E-state index is 0.0350. The van der Waals surface area contributed by atoms with Gasteiger partial charge in [0.1, 0.15) is 11.4 Å². The van der Waals surface area contributed by atoms with Crippen molar-refractivity contribution in [3.63, 3.8) is 0 Å². The molecule has 3 rings (SSSR count). The molecule has 130 valence electrons. The standard InChI is InChI=1S/C19H27N3O2/c1-4-24-16-6-5-15-9-18(21-17(15)10-16)19(23)20-11-14-7-8-22(12-14)13(2)3/h5-6,9-10,13-14,21H,4,7-8,11-12H2,1-3H3,(H,20,23). The van der Waals surface area contributed by atoms with Crippen LogP contribution in [0.25, 0.3) is 10.9 Å². The fraction of sp³-hybridized carbons (Fsp3) is 0.526. The number of hydrogen-bond donors (Lipinski definition) is 2. The molecule has 5 nitrogen and oxygen atoms in total. The van der Waals surface area contributed by atoms with E-state index >= 15 is 0 Å². The van der Waals surface area contributed by atoms with Crippen LogP contribution >= 0.6 is 0 Å². The molecular weight excluding hydrogens is 302 g/mol. The Morgan fingerprint density at radius 2 is 2.25 bits per heavy atom. The summed E-state index contributed by atoms with van der Waals surface area (Å²) in [6.07, 6.45) is 1.16. The van der Waals surface area contributed by atoms with Crippen LogP contribution in [0.5, 0.6) is 5.75 Å². The normalized spacial score (nSPS) is 18.4. The second kappa shape index (κ2) is 7.26. The Kier molecular flexibility index (Phi) is 5.09. The summed E-state index contributed by atoms with van der Waals surface area (Å²) in [7, 11) is 0. The topological polar surface area (TPSA) is 57.4 Å². The Labute approximate surface area is 143 Å². The number of aromatic nitrogens is 1. The zero-order valence-electron chi connectivity index (χ0n) is 14.8. The minimum Gasteiger partial charge on any atom is -0.494 e. The van der Waals surface area contributed by atoms with Crippen molar-refractivity contribution in [2.24, 2.45) is 5.92 Å².